The third-order valence-electron chi connectivity index (χ3n) is 3.33. The second-order valence-corrected chi connectivity index (χ2v) is 4.62. The number of nitrogens with zero attached hydrogens (tertiary/aromatic N) is 2. The summed E-state index contributed by atoms with van der Waals surface area (Å²) in [7, 11) is 3.62. The van der Waals surface area contributed by atoms with Crippen LogP contribution in [-0.4, -0.2) is 55.5 Å². The lowest BCUT2D eigenvalue weighted by atomic mass is 9.96. The Labute approximate surface area is 92.4 Å². The highest BCUT2D eigenvalue weighted by atomic mass is 16.2. The first-order chi connectivity index (χ1) is 7.06. The van der Waals surface area contributed by atoms with Crippen molar-refractivity contribution in [2.75, 3.05) is 33.7 Å². The third-order valence-corrected chi connectivity index (χ3v) is 3.33. The molecule has 0 aliphatic carbocycles. The molecule has 0 radical (unpaired) electrons. The Hall–Kier alpha value is -0.610. The summed E-state index contributed by atoms with van der Waals surface area (Å²) in [5.74, 6) is 0.851. The van der Waals surface area contributed by atoms with E-state index in [0.29, 0.717) is 5.92 Å². The Balaban J connectivity index is 2.42. The van der Waals surface area contributed by atoms with Gasteiger partial charge in [-0.1, -0.05) is 0 Å². The van der Waals surface area contributed by atoms with Crippen LogP contribution in [0.15, 0.2) is 0 Å². The van der Waals surface area contributed by atoms with E-state index >= 15 is 0 Å². The van der Waals surface area contributed by atoms with Gasteiger partial charge in [0.05, 0.1) is 6.04 Å². The third kappa shape index (κ3) is 3.18. The van der Waals surface area contributed by atoms with E-state index < -0.39 is 0 Å². The fourth-order valence-electron chi connectivity index (χ4n) is 2.11. The van der Waals surface area contributed by atoms with Gasteiger partial charge >= 0.3 is 0 Å². The van der Waals surface area contributed by atoms with Crippen molar-refractivity contribution in [1.82, 2.24) is 9.80 Å². The molecule has 1 aliphatic heterocycles. The van der Waals surface area contributed by atoms with Crippen LogP contribution in [0.2, 0.25) is 0 Å². The number of likely N-dealkylation sites (N-methyl/N-ethyl adjacent to an activating group) is 1. The number of piperidine rings is 1. The predicted molar refractivity (Wildman–Crippen MR) is 61.5 cm³/mol. The van der Waals surface area contributed by atoms with Gasteiger partial charge in [-0.15, -0.1) is 0 Å². The second-order valence-electron chi connectivity index (χ2n) is 4.62. The van der Waals surface area contributed by atoms with Gasteiger partial charge in [-0.05, 0) is 45.3 Å². The number of carbonyl (C=O) groups is 1. The summed E-state index contributed by atoms with van der Waals surface area (Å²) in [4.78, 5) is 15.7. The Bertz CT molecular complexity index is 210. The molecule has 0 saturated carbocycles. The molecular formula is C11H23N3O. The molecule has 1 fully saturated rings. The zero-order valence-electron chi connectivity index (χ0n) is 10.1. The fraction of sp³-hybridized carbons (Fsp3) is 0.909. The Morgan fingerprint density at radius 2 is 2.00 bits per heavy atom. The molecule has 1 rings (SSSR count). The summed E-state index contributed by atoms with van der Waals surface area (Å²) < 4.78 is 0. The first kappa shape index (κ1) is 12.5. The van der Waals surface area contributed by atoms with Gasteiger partial charge in [0.25, 0.3) is 0 Å². The lowest BCUT2D eigenvalue weighted by Crippen LogP contribution is -2.48. The van der Waals surface area contributed by atoms with Gasteiger partial charge in [-0.3, -0.25) is 9.69 Å². The summed E-state index contributed by atoms with van der Waals surface area (Å²) in [6.45, 7) is 4.78. The topological polar surface area (TPSA) is 49.6 Å². The summed E-state index contributed by atoms with van der Waals surface area (Å²) >= 11 is 0. The standard InChI is InChI=1S/C11H23N3O/c1-9(11(15)13(2)3)14-6-4-10(8-12)5-7-14/h9-10H,4-8,12H2,1-3H3. The maximum atomic E-state index is 11.8. The van der Waals surface area contributed by atoms with E-state index in [4.69, 9.17) is 5.73 Å². The van der Waals surface area contributed by atoms with Crippen molar-refractivity contribution in [3.8, 4) is 0 Å². The molecule has 1 atom stereocenters. The maximum absolute atomic E-state index is 11.8. The van der Waals surface area contributed by atoms with Crippen molar-refractivity contribution in [2.45, 2.75) is 25.8 Å². The first-order valence-electron chi connectivity index (χ1n) is 5.71. The van der Waals surface area contributed by atoms with Crippen molar-refractivity contribution in [1.29, 1.82) is 0 Å². The molecule has 2 N–H and O–H groups in total. The van der Waals surface area contributed by atoms with Crippen LogP contribution in [0.1, 0.15) is 19.8 Å². The number of amides is 1. The minimum atomic E-state index is 0.0127. The maximum Gasteiger partial charge on any atom is 0.239 e. The average molecular weight is 213 g/mol. The molecule has 0 bridgehead atoms. The normalized spacial score (nSPS) is 21.3. The Morgan fingerprint density at radius 3 is 2.40 bits per heavy atom. The molecule has 0 aromatic carbocycles. The van der Waals surface area contributed by atoms with Crippen molar-refractivity contribution in [2.24, 2.45) is 11.7 Å². The van der Waals surface area contributed by atoms with E-state index in [1.54, 1.807) is 4.90 Å². The van der Waals surface area contributed by atoms with Gasteiger partial charge < -0.3 is 10.6 Å². The zero-order valence-corrected chi connectivity index (χ0v) is 10.1. The van der Waals surface area contributed by atoms with Crippen LogP contribution in [0.25, 0.3) is 0 Å². The zero-order chi connectivity index (χ0) is 11.4. The van der Waals surface area contributed by atoms with Gasteiger partial charge in [0.1, 0.15) is 0 Å². The molecule has 1 unspecified atom stereocenters. The quantitative estimate of drug-likeness (QED) is 0.725. The van der Waals surface area contributed by atoms with Crippen molar-refractivity contribution >= 4 is 5.91 Å². The van der Waals surface area contributed by atoms with Crippen LogP contribution in [-0.2, 0) is 4.79 Å². The molecule has 0 aromatic heterocycles. The smallest absolute Gasteiger partial charge is 0.239 e. The molecule has 15 heavy (non-hydrogen) atoms. The average Bonchev–Trinajstić information content (AvgIpc) is 2.27. The minimum absolute atomic E-state index is 0.0127. The van der Waals surface area contributed by atoms with Crippen molar-refractivity contribution in [3.63, 3.8) is 0 Å². The van der Waals surface area contributed by atoms with Gasteiger partial charge in [0.15, 0.2) is 0 Å². The van der Waals surface area contributed by atoms with E-state index in [9.17, 15) is 4.79 Å². The number of hydrogen-bond donors (Lipinski definition) is 1. The second kappa shape index (κ2) is 5.47. The van der Waals surface area contributed by atoms with Crippen LogP contribution < -0.4 is 5.73 Å². The highest BCUT2D eigenvalue weighted by Gasteiger charge is 2.26. The molecule has 1 heterocycles. The largest absolute Gasteiger partial charge is 0.347 e. The number of hydrogen-bond acceptors (Lipinski definition) is 3. The van der Waals surface area contributed by atoms with Crippen LogP contribution in [0.3, 0.4) is 0 Å². The Morgan fingerprint density at radius 1 is 1.47 bits per heavy atom. The minimum Gasteiger partial charge on any atom is -0.347 e. The lowest BCUT2D eigenvalue weighted by Gasteiger charge is -2.35. The molecule has 1 saturated heterocycles. The van der Waals surface area contributed by atoms with Crippen LogP contribution in [0.5, 0.6) is 0 Å². The molecule has 1 amide bonds. The number of nitrogens with two attached hydrogens (primary N) is 1. The molecule has 88 valence electrons. The number of likely N-dealkylation sites (tertiary alicyclic amines) is 1. The fourth-order valence-corrected chi connectivity index (χ4v) is 2.11. The van der Waals surface area contributed by atoms with E-state index in [1.807, 2.05) is 21.0 Å². The predicted octanol–water partition coefficient (Wildman–Crippen LogP) is 0.134. The van der Waals surface area contributed by atoms with Gasteiger partial charge in [0, 0.05) is 14.1 Å². The SMILES string of the molecule is CC(C(=O)N(C)C)N1CCC(CN)CC1. The van der Waals surface area contributed by atoms with Gasteiger partial charge in [-0.25, -0.2) is 0 Å². The number of carbonyl (C=O) groups excluding carboxylic acids is 1. The highest BCUT2D eigenvalue weighted by Crippen LogP contribution is 2.18. The van der Waals surface area contributed by atoms with E-state index in [1.165, 1.54) is 0 Å². The molecule has 0 aromatic rings. The summed E-state index contributed by atoms with van der Waals surface area (Å²) in [6, 6.07) is 0.0127. The molecule has 4 heteroatoms. The molecule has 4 nitrogen and oxygen atoms in total. The first-order valence-corrected chi connectivity index (χ1v) is 5.71. The number of rotatable bonds is 3. The summed E-state index contributed by atoms with van der Waals surface area (Å²) in [5, 5.41) is 0. The van der Waals surface area contributed by atoms with Crippen LogP contribution in [0.4, 0.5) is 0 Å². The van der Waals surface area contributed by atoms with Crippen molar-refractivity contribution < 1.29 is 4.79 Å². The molecule has 0 spiro atoms. The highest BCUT2D eigenvalue weighted by molar-refractivity contribution is 5.80. The molecular weight excluding hydrogens is 190 g/mol. The monoisotopic (exact) mass is 213 g/mol. The van der Waals surface area contributed by atoms with Crippen LogP contribution in [0, 0.1) is 5.92 Å². The summed E-state index contributed by atoms with van der Waals surface area (Å²) in [6.07, 6.45) is 2.25. The van der Waals surface area contributed by atoms with Gasteiger partial charge in [0.2, 0.25) is 5.91 Å². The molecule has 1 aliphatic rings. The van der Waals surface area contributed by atoms with E-state index in [-0.39, 0.29) is 11.9 Å². The lowest BCUT2D eigenvalue weighted by molar-refractivity contribution is -0.134. The van der Waals surface area contributed by atoms with E-state index in [0.717, 1.165) is 32.5 Å². The summed E-state index contributed by atoms with van der Waals surface area (Å²) in [5.41, 5.74) is 5.64. The Kier molecular flexibility index (Phi) is 4.54. The van der Waals surface area contributed by atoms with Crippen molar-refractivity contribution in [3.05, 3.63) is 0 Å². The van der Waals surface area contributed by atoms with Crippen LogP contribution >= 0.6 is 0 Å². The van der Waals surface area contributed by atoms with Gasteiger partial charge in [-0.2, -0.15) is 0 Å². The van der Waals surface area contributed by atoms with E-state index in [2.05, 4.69) is 4.90 Å².